The Morgan fingerprint density at radius 3 is 1.92 bits per heavy atom. The van der Waals surface area contributed by atoms with E-state index in [4.69, 9.17) is 0 Å². The summed E-state index contributed by atoms with van der Waals surface area (Å²) in [6, 6.07) is 14.7. The topological polar surface area (TPSA) is 182 Å². The number of anilines is 1. The van der Waals surface area contributed by atoms with E-state index in [1.54, 1.807) is 6.07 Å². The summed E-state index contributed by atoms with van der Waals surface area (Å²) in [6.45, 7) is 0.202. The predicted octanol–water partition coefficient (Wildman–Crippen LogP) is 2.75. The third-order valence-corrected chi connectivity index (χ3v) is 8.37. The van der Waals surface area contributed by atoms with Crippen molar-refractivity contribution in [3.05, 3.63) is 98.6 Å². The Bertz CT molecular complexity index is 1590. The SMILES string of the molecule is O=[N+]([O-])c1ccc(S(=O)(=O)Nc2cccc(C3=NCCN3S(=O)(=O)c3ccc([N+](=O)[O-])cc3)c2)cc1. The van der Waals surface area contributed by atoms with E-state index in [9.17, 15) is 37.1 Å². The van der Waals surface area contributed by atoms with Gasteiger partial charge in [0.15, 0.2) is 0 Å². The highest BCUT2D eigenvalue weighted by atomic mass is 32.2. The average molecular weight is 532 g/mol. The summed E-state index contributed by atoms with van der Waals surface area (Å²) >= 11 is 0. The van der Waals surface area contributed by atoms with Crippen LogP contribution in [0.25, 0.3) is 0 Å². The molecule has 15 heteroatoms. The monoisotopic (exact) mass is 531 g/mol. The Balaban J connectivity index is 1.59. The molecule has 1 heterocycles. The highest BCUT2D eigenvalue weighted by molar-refractivity contribution is 7.92. The zero-order valence-electron chi connectivity index (χ0n) is 18.2. The summed E-state index contributed by atoms with van der Waals surface area (Å²) in [5, 5.41) is 21.7. The Hall–Kier alpha value is -4.37. The van der Waals surface area contributed by atoms with Crippen LogP contribution in [-0.2, 0) is 20.0 Å². The van der Waals surface area contributed by atoms with E-state index in [1.165, 1.54) is 18.2 Å². The van der Waals surface area contributed by atoms with Crippen LogP contribution >= 0.6 is 0 Å². The average Bonchev–Trinajstić information content (AvgIpc) is 3.35. The van der Waals surface area contributed by atoms with E-state index < -0.39 is 29.9 Å². The van der Waals surface area contributed by atoms with Gasteiger partial charge >= 0.3 is 0 Å². The molecule has 3 aromatic rings. The van der Waals surface area contributed by atoms with Crippen molar-refractivity contribution in [1.29, 1.82) is 0 Å². The number of aliphatic imine (C=N–C) groups is 1. The number of non-ortho nitro benzene ring substituents is 2. The first-order valence-electron chi connectivity index (χ1n) is 10.2. The van der Waals surface area contributed by atoms with Crippen molar-refractivity contribution in [1.82, 2.24) is 4.31 Å². The molecule has 0 aromatic heterocycles. The summed E-state index contributed by atoms with van der Waals surface area (Å²) < 4.78 is 55.3. The molecule has 1 aliphatic rings. The Labute approximate surface area is 205 Å². The summed E-state index contributed by atoms with van der Waals surface area (Å²) in [5.74, 6) is 0.0877. The van der Waals surface area contributed by atoms with E-state index in [1.807, 2.05) is 0 Å². The van der Waals surface area contributed by atoms with Gasteiger partial charge in [0, 0.05) is 35.5 Å². The molecule has 0 spiro atoms. The number of nitro benzene ring substituents is 2. The first-order chi connectivity index (χ1) is 17.0. The Morgan fingerprint density at radius 2 is 1.36 bits per heavy atom. The first kappa shape index (κ1) is 24.7. The van der Waals surface area contributed by atoms with Crippen LogP contribution < -0.4 is 4.72 Å². The minimum atomic E-state index is -4.09. The van der Waals surface area contributed by atoms with Gasteiger partial charge in [-0.25, -0.2) is 21.1 Å². The van der Waals surface area contributed by atoms with Crippen LogP contribution in [0.15, 0.2) is 87.6 Å². The van der Waals surface area contributed by atoms with Crippen LogP contribution in [-0.4, -0.2) is 49.9 Å². The smallest absolute Gasteiger partial charge is 0.269 e. The lowest BCUT2D eigenvalue weighted by atomic mass is 10.2. The fourth-order valence-electron chi connectivity index (χ4n) is 3.45. The molecule has 0 amide bonds. The second-order valence-corrected chi connectivity index (χ2v) is 11.0. The van der Waals surface area contributed by atoms with Crippen molar-refractivity contribution in [2.45, 2.75) is 9.79 Å². The van der Waals surface area contributed by atoms with Crippen LogP contribution in [0, 0.1) is 20.2 Å². The molecule has 13 nitrogen and oxygen atoms in total. The molecule has 0 fully saturated rings. The molecule has 186 valence electrons. The Kier molecular flexibility index (Phi) is 6.43. The molecule has 1 aliphatic heterocycles. The quantitative estimate of drug-likeness (QED) is 0.340. The zero-order chi connectivity index (χ0) is 26.1. The molecule has 0 radical (unpaired) electrons. The van der Waals surface area contributed by atoms with Gasteiger partial charge in [0.2, 0.25) is 0 Å². The minimum Gasteiger partial charge on any atom is -0.280 e. The summed E-state index contributed by atoms with van der Waals surface area (Å²) in [4.78, 5) is 24.3. The van der Waals surface area contributed by atoms with Gasteiger partial charge in [0.25, 0.3) is 31.4 Å². The van der Waals surface area contributed by atoms with E-state index in [2.05, 4.69) is 9.71 Å². The number of sulfonamides is 2. The van der Waals surface area contributed by atoms with Crippen LogP contribution in [0.4, 0.5) is 17.1 Å². The van der Waals surface area contributed by atoms with E-state index in [-0.39, 0.29) is 45.8 Å². The normalized spacial score (nSPS) is 13.8. The van der Waals surface area contributed by atoms with Crippen LogP contribution in [0.3, 0.4) is 0 Å². The van der Waals surface area contributed by atoms with Crippen LogP contribution in [0.1, 0.15) is 5.56 Å². The fraction of sp³-hybridized carbons (Fsp3) is 0.0952. The third kappa shape index (κ3) is 4.87. The van der Waals surface area contributed by atoms with Gasteiger partial charge in [-0.2, -0.15) is 0 Å². The van der Waals surface area contributed by atoms with Gasteiger partial charge in [-0.3, -0.25) is 29.9 Å². The molecule has 1 N–H and O–H groups in total. The van der Waals surface area contributed by atoms with Crippen LogP contribution in [0.5, 0.6) is 0 Å². The molecule has 3 aromatic carbocycles. The molecule has 0 saturated carbocycles. The number of hydrogen-bond acceptors (Lipinski definition) is 9. The van der Waals surface area contributed by atoms with Crippen molar-refractivity contribution in [2.75, 3.05) is 17.8 Å². The Morgan fingerprint density at radius 1 is 0.806 bits per heavy atom. The maximum absolute atomic E-state index is 13.2. The first-order valence-corrected chi connectivity index (χ1v) is 13.1. The van der Waals surface area contributed by atoms with E-state index >= 15 is 0 Å². The molecule has 0 bridgehead atoms. The van der Waals surface area contributed by atoms with Crippen molar-refractivity contribution >= 4 is 42.9 Å². The summed E-state index contributed by atoms with van der Waals surface area (Å²) in [5.41, 5.74) is -0.0724. The maximum atomic E-state index is 13.2. The summed E-state index contributed by atoms with van der Waals surface area (Å²) in [6.07, 6.45) is 0. The van der Waals surface area contributed by atoms with Crippen molar-refractivity contribution in [2.24, 2.45) is 4.99 Å². The van der Waals surface area contributed by atoms with Crippen molar-refractivity contribution in [3.63, 3.8) is 0 Å². The van der Waals surface area contributed by atoms with Crippen molar-refractivity contribution < 1.29 is 26.7 Å². The number of nitrogens with zero attached hydrogens (tertiary/aromatic N) is 4. The molecule has 0 atom stereocenters. The van der Waals surface area contributed by atoms with E-state index in [0.717, 1.165) is 52.8 Å². The lowest BCUT2D eigenvalue weighted by Gasteiger charge is -2.21. The van der Waals surface area contributed by atoms with Crippen molar-refractivity contribution in [3.8, 4) is 0 Å². The molecular weight excluding hydrogens is 514 g/mol. The molecule has 36 heavy (non-hydrogen) atoms. The molecule has 0 aliphatic carbocycles. The molecule has 0 saturated heterocycles. The molecular formula is C21H17N5O8S2. The lowest BCUT2D eigenvalue weighted by Crippen LogP contribution is -2.35. The largest absolute Gasteiger partial charge is 0.280 e. The highest BCUT2D eigenvalue weighted by Crippen LogP contribution is 2.26. The highest BCUT2D eigenvalue weighted by Gasteiger charge is 2.32. The number of benzene rings is 3. The third-order valence-electron chi connectivity index (χ3n) is 5.17. The lowest BCUT2D eigenvalue weighted by molar-refractivity contribution is -0.385. The zero-order valence-corrected chi connectivity index (χ0v) is 19.8. The van der Waals surface area contributed by atoms with Gasteiger partial charge in [-0.05, 0) is 36.4 Å². The number of rotatable bonds is 8. The minimum absolute atomic E-state index is 0.0351. The number of amidine groups is 1. The number of nitro groups is 2. The van der Waals surface area contributed by atoms with Gasteiger partial charge in [-0.15, -0.1) is 0 Å². The number of nitrogens with one attached hydrogen (secondary N) is 1. The van der Waals surface area contributed by atoms with E-state index in [0.29, 0.717) is 5.56 Å². The molecule has 4 rings (SSSR count). The predicted molar refractivity (Wildman–Crippen MR) is 129 cm³/mol. The maximum Gasteiger partial charge on any atom is 0.269 e. The number of hydrogen-bond donors (Lipinski definition) is 1. The van der Waals surface area contributed by atoms with Gasteiger partial charge in [0.1, 0.15) is 5.84 Å². The summed E-state index contributed by atoms with van der Waals surface area (Å²) in [7, 11) is -8.19. The second kappa shape index (κ2) is 9.35. The second-order valence-electron chi connectivity index (χ2n) is 7.47. The standard InChI is InChI=1S/C21H17N5O8S2/c27-25(28)17-4-8-19(9-5-17)35(31,32)23-16-3-1-2-15(14-16)21-22-12-13-24(21)36(33,34)20-10-6-18(7-11-20)26(29)30/h1-11,14,23H,12-13H2. The fourth-order valence-corrected chi connectivity index (χ4v) is 5.95. The van der Waals surface area contributed by atoms with Crippen LogP contribution in [0.2, 0.25) is 0 Å². The molecule has 0 unspecified atom stereocenters. The van der Waals surface area contributed by atoms with Gasteiger partial charge < -0.3 is 0 Å². The van der Waals surface area contributed by atoms with Gasteiger partial charge in [-0.1, -0.05) is 12.1 Å². The van der Waals surface area contributed by atoms with Gasteiger partial charge in [0.05, 0.1) is 32.7 Å².